The highest BCUT2D eigenvalue weighted by Gasteiger charge is 2.21. The molecule has 22 heavy (non-hydrogen) atoms. The molecule has 0 unspecified atom stereocenters. The number of carbonyl (C=O) groups excluding carboxylic acids is 1. The predicted molar refractivity (Wildman–Crippen MR) is 84.4 cm³/mol. The van der Waals surface area contributed by atoms with Crippen LogP contribution in [0.5, 0.6) is 0 Å². The van der Waals surface area contributed by atoms with E-state index in [9.17, 15) is 14.9 Å². The molecule has 1 aromatic carbocycles. The van der Waals surface area contributed by atoms with Crippen LogP contribution in [0.4, 0.5) is 10.8 Å². The number of anilines is 1. The Labute approximate surface area is 131 Å². The number of nitrogens with one attached hydrogen (secondary N) is 1. The van der Waals surface area contributed by atoms with Crippen molar-refractivity contribution in [2.75, 3.05) is 5.32 Å². The van der Waals surface area contributed by atoms with Gasteiger partial charge in [-0.05, 0) is 31.7 Å². The Morgan fingerprint density at radius 3 is 2.82 bits per heavy atom. The third-order valence-corrected chi connectivity index (χ3v) is 4.73. The lowest BCUT2D eigenvalue weighted by molar-refractivity contribution is -0.385. The summed E-state index contributed by atoms with van der Waals surface area (Å²) >= 11 is 1.47. The molecular formula is C15H15N3O3S. The van der Waals surface area contributed by atoms with Gasteiger partial charge in [0, 0.05) is 10.9 Å². The molecule has 1 heterocycles. The Morgan fingerprint density at radius 2 is 2.00 bits per heavy atom. The van der Waals surface area contributed by atoms with Crippen LogP contribution in [0.15, 0.2) is 24.3 Å². The second kappa shape index (κ2) is 6.23. The molecule has 3 rings (SSSR count). The molecule has 6 nitrogen and oxygen atoms in total. The maximum Gasteiger partial charge on any atom is 0.282 e. The SMILES string of the molecule is O=C(Nc1nc2c(s1)CCCCC2)c1ccccc1[N+](=O)[O-]. The summed E-state index contributed by atoms with van der Waals surface area (Å²) in [6, 6.07) is 5.93. The minimum atomic E-state index is -0.550. The number of hydrogen-bond acceptors (Lipinski definition) is 5. The number of thiazole rings is 1. The van der Waals surface area contributed by atoms with Gasteiger partial charge in [0.15, 0.2) is 5.13 Å². The van der Waals surface area contributed by atoms with Crippen LogP contribution in [0.2, 0.25) is 0 Å². The number of amides is 1. The van der Waals surface area contributed by atoms with Gasteiger partial charge in [0.1, 0.15) is 5.56 Å². The number of aromatic nitrogens is 1. The number of carbonyl (C=O) groups is 1. The van der Waals surface area contributed by atoms with Crippen LogP contribution in [0.25, 0.3) is 0 Å². The Balaban J connectivity index is 1.82. The van der Waals surface area contributed by atoms with Gasteiger partial charge in [0.25, 0.3) is 11.6 Å². The molecule has 7 heteroatoms. The van der Waals surface area contributed by atoms with Gasteiger partial charge >= 0.3 is 0 Å². The minimum absolute atomic E-state index is 0.0536. The van der Waals surface area contributed by atoms with Crippen molar-refractivity contribution in [1.82, 2.24) is 4.98 Å². The van der Waals surface area contributed by atoms with Gasteiger partial charge in [-0.15, -0.1) is 11.3 Å². The summed E-state index contributed by atoms with van der Waals surface area (Å²) in [5.74, 6) is -0.490. The molecule has 1 aromatic heterocycles. The van der Waals surface area contributed by atoms with Crippen molar-refractivity contribution in [2.45, 2.75) is 32.1 Å². The molecule has 1 aliphatic carbocycles. The topological polar surface area (TPSA) is 85.1 Å². The molecule has 0 atom stereocenters. The average molecular weight is 317 g/mol. The number of fused-ring (bicyclic) bond motifs is 1. The summed E-state index contributed by atoms with van der Waals surface area (Å²) in [5, 5.41) is 14.2. The molecule has 0 fully saturated rings. The number of aryl methyl sites for hydroxylation is 2. The summed E-state index contributed by atoms with van der Waals surface area (Å²) in [6.07, 6.45) is 5.41. The molecule has 0 saturated heterocycles. The number of benzene rings is 1. The third kappa shape index (κ3) is 2.99. The highest BCUT2D eigenvalue weighted by Crippen LogP contribution is 2.29. The van der Waals surface area contributed by atoms with E-state index in [2.05, 4.69) is 10.3 Å². The second-order valence-corrected chi connectivity index (χ2v) is 6.26. The first-order valence-electron chi connectivity index (χ1n) is 7.18. The summed E-state index contributed by atoms with van der Waals surface area (Å²) in [5.41, 5.74) is 0.913. The number of hydrogen-bond donors (Lipinski definition) is 1. The molecule has 0 aliphatic heterocycles. The minimum Gasteiger partial charge on any atom is -0.298 e. The van der Waals surface area contributed by atoms with Gasteiger partial charge in [0.05, 0.1) is 10.6 Å². The van der Waals surface area contributed by atoms with Crippen molar-refractivity contribution in [3.05, 3.63) is 50.5 Å². The van der Waals surface area contributed by atoms with E-state index in [1.165, 1.54) is 34.8 Å². The molecule has 0 radical (unpaired) electrons. The van der Waals surface area contributed by atoms with Gasteiger partial charge in [-0.2, -0.15) is 0 Å². The number of nitrogens with zero attached hydrogens (tertiary/aromatic N) is 2. The van der Waals surface area contributed by atoms with Gasteiger partial charge in [-0.3, -0.25) is 20.2 Å². The van der Waals surface area contributed by atoms with Crippen LogP contribution in [0.1, 0.15) is 40.2 Å². The van der Waals surface area contributed by atoms with E-state index in [1.54, 1.807) is 12.1 Å². The van der Waals surface area contributed by atoms with Crippen LogP contribution in [0.3, 0.4) is 0 Å². The first-order valence-corrected chi connectivity index (χ1v) is 8.00. The first kappa shape index (κ1) is 14.6. The van der Waals surface area contributed by atoms with Crippen LogP contribution in [-0.2, 0) is 12.8 Å². The Hall–Kier alpha value is -2.28. The average Bonchev–Trinajstić information content (AvgIpc) is 2.75. The lowest BCUT2D eigenvalue weighted by Gasteiger charge is -2.02. The zero-order valence-corrected chi connectivity index (χ0v) is 12.7. The molecule has 1 N–H and O–H groups in total. The van der Waals surface area contributed by atoms with E-state index in [1.807, 2.05) is 0 Å². The standard InChI is InChI=1S/C15H15N3O3S/c19-14(10-6-4-5-8-12(10)18(20)21)17-15-16-11-7-2-1-3-9-13(11)22-15/h4-6,8H,1-3,7,9H2,(H,16,17,19). The number of rotatable bonds is 3. The van der Waals surface area contributed by atoms with Crippen molar-refractivity contribution in [3.63, 3.8) is 0 Å². The van der Waals surface area contributed by atoms with Crippen LogP contribution in [-0.4, -0.2) is 15.8 Å². The fraction of sp³-hybridized carbons (Fsp3) is 0.333. The summed E-state index contributed by atoms with van der Waals surface area (Å²) < 4.78 is 0. The molecule has 0 spiro atoms. The van der Waals surface area contributed by atoms with Gasteiger partial charge in [-0.1, -0.05) is 18.6 Å². The van der Waals surface area contributed by atoms with E-state index >= 15 is 0 Å². The number of nitro groups is 1. The molecule has 2 aromatic rings. The van der Waals surface area contributed by atoms with Crippen LogP contribution < -0.4 is 5.32 Å². The van der Waals surface area contributed by atoms with Gasteiger partial charge in [0.2, 0.25) is 0 Å². The van der Waals surface area contributed by atoms with Crippen LogP contribution >= 0.6 is 11.3 Å². The van der Waals surface area contributed by atoms with Crippen molar-refractivity contribution in [3.8, 4) is 0 Å². The highest BCUT2D eigenvalue weighted by molar-refractivity contribution is 7.15. The Kier molecular flexibility index (Phi) is 4.15. The molecule has 114 valence electrons. The lowest BCUT2D eigenvalue weighted by Crippen LogP contribution is -2.13. The van der Waals surface area contributed by atoms with E-state index in [0.717, 1.165) is 31.4 Å². The van der Waals surface area contributed by atoms with Crippen molar-refractivity contribution >= 4 is 28.1 Å². The molecular weight excluding hydrogens is 302 g/mol. The normalized spacial score (nSPS) is 14.0. The van der Waals surface area contributed by atoms with Crippen molar-refractivity contribution in [1.29, 1.82) is 0 Å². The van der Waals surface area contributed by atoms with Crippen molar-refractivity contribution < 1.29 is 9.72 Å². The third-order valence-electron chi connectivity index (χ3n) is 3.66. The Morgan fingerprint density at radius 1 is 1.23 bits per heavy atom. The fourth-order valence-electron chi connectivity index (χ4n) is 2.57. The van der Waals surface area contributed by atoms with Crippen LogP contribution in [0, 0.1) is 10.1 Å². The lowest BCUT2D eigenvalue weighted by atomic mass is 10.1. The largest absolute Gasteiger partial charge is 0.298 e. The fourth-order valence-corrected chi connectivity index (χ4v) is 3.62. The zero-order chi connectivity index (χ0) is 15.5. The monoisotopic (exact) mass is 317 g/mol. The number of para-hydroxylation sites is 1. The molecule has 0 bridgehead atoms. The summed E-state index contributed by atoms with van der Waals surface area (Å²) in [6.45, 7) is 0. The molecule has 1 aliphatic rings. The maximum absolute atomic E-state index is 12.3. The highest BCUT2D eigenvalue weighted by atomic mass is 32.1. The first-order chi connectivity index (χ1) is 10.6. The van der Waals surface area contributed by atoms with Crippen molar-refractivity contribution in [2.24, 2.45) is 0 Å². The maximum atomic E-state index is 12.3. The molecule has 1 amide bonds. The summed E-state index contributed by atoms with van der Waals surface area (Å²) in [7, 11) is 0. The van der Waals surface area contributed by atoms with E-state index in [0.29, 0.717) is 5.13 Å². The van der Waals surface area contributed by atoms with Gasteiger partial charge in [-0.25, -0.2) is 4.98 Å². The zero-order valence-electron chi connectivity index (χ0n) is 11.9. The second-order valence-electron chi connectivity index (χ2n) is 5.18. The number of nitro benzene ring substituents is 1. The van der Waals surface area contributed by atoms with Gasteiger partial charge < -0.3 is 0 Å². The molecule has 0 saturated carbocycles. The smallest absolute Gasteiger partial charge is 0.282 e. The van der Waals surface area contributed by atoms with E-state index in [-0.39, 0.29) is 11.3 Å². The van der Waals surface area contributed by atoms with E-state index < -0.39 is 10.8 Å². The quantitative estimate of drug-likeness (QED) is 0.533. The van der Waals surface area contributed by atoms with E-state index in [4.69, 9.17) is 0 Å². The summed E-state index contributed by atoms with van der Waals surface area (Å²) in [4.78, 5) is 28.4. The predicted octanol–water partition coefficient (Wildman–Crippen LogP) is 3.57. The Bertz CT molecular complexity index is 703.